The number of rotatable bonds is 3. The minimum absolute atomic E-state index is 0.0518. The first kappa shape index (κ1) is 16.1. The van der Waals surface area contributed by atoms with Crippen molar-refractivity contribution >= 4 is 17.2 Å². The van der Waals surface area contributed by atoms with Gasteiger partial charge in [0.25, 0.3) is 5.91 Å². The van der Waals surface area contributed by atoms with E-state index in [4.69, 9.17) is 0 Å². The minimum Gasteiger partial charge on any atom is -0.391 e. The highest BCUT2D eigenvalue weighted by Crippen LogP contribution is 2.24. The van der Waals surface area contributed by atoms with Gasteiger partial charge in [-0.25, -0.2) is 9.37 Å². The fraction of sp³-hybridized carbons (Fsp3) is 0.412. The van der Waals surface area contributed by atoms with Gasteiger partial charge in [-0.3, -0.25) is 4.79 Å². The maximum absolute atomic E-state index is 13.0. The summed E-state index contributed by atoms with van der Waals surface area (Å²) in [6, 6.07) is 6.32. The molecule has 0 saturated carbocycles. The second-order valence-electron chi connectivity index (χ2n) is 5.87. The van der Waals surface area contributed by atoms with Crippen LogP contribution in [0.15, 0.2) is 24.3 Å². The van der Waals surface area contributed by atoms with Crippen molar-refractivity contribution in [1.29, 1.82) is 0 Å². The predicted molar refractivity (Wildman–Crippen MR) is 87.2 cm³/mol. The smallest absolute Gasteiger partial charge is 0.265 e. The van der Waals surface area contributed by atoms with Crippen molar-refractivity contribution in [1.82, 2.24) is 9.88 Å². The highest BCUT2D eigenvalue weighted by Gasteiger charge is 2.26. The summed E-state index contributed by atoms with van der Waals surface area (Å²) < 4.78 is 13.0. The second-order valence-corrected chi connectivity index (χ2v) is 6.96. The van der Waals surface area contributed by atoms with Crippen LogP contribution in [-0.4, -0.2) is 40.1 Å². The van der Waals surface area contributed by atoms with E-state index in [-0.39, 0.29) is 11.7 Å². The lowest BCUT2D eigenvalue weighted by Gasteiger charge is -2.29. The van der Waals surface area contributed by atoms with Crippen molar-refractivity contribution in [3.05, 3.63) is 51.2 Å². The number of aliphatic hydroxyl groups excluding tert-OH is 1. The predicted octanol–water partition coefficient (Wildman–Crippen LogP) is 2.78. The summed E-state index contributed by atoms with van der Waals surface area (Å²) in [5, 5.41) is 10.6. The van der Waals surface area contributed by atoms with Gasteiger partial charge in [0.15, 0.2) is 0 Å². The molecule has 2 heterocycles. The number of aliphatic hydroxyl groups is 1. The van der Waals surface area contributed by atoms with Crippen molar-refractivity contribution in [3.8, 4) is 0 Å². The maximum atomic E-state index is 13.0. The molecule has 1 aromatic carbocycles. The third kappa shape index (κ3) is 3.76. The quantitative estimate of drug-likeness (QED) is 0.939. The lowest BCUT2D eigenvalue weighted by Crippen LogP contribution is -2.42. The van der Waals surface area contributed by atoms with Crippen LogP contribution in [0.1, 0.15) is 38.8 Å². The van der Waals surface area contributed by atoms with Crippen LogP contribution >= 0.6 is 11.3 Å². The molecule has 122 valence electrons. The molecule has 1 atom stereocenters. The molecule has 1 N–H and O–H groups in total. The van der Waals surface area contributed by atoms with Crippen LogP contribution in [0.4, 0.5) is 4.39 Å². The number of carbonyl (C=O) groups is 1. The highest BCUT2D eigenvalue weighted by molar-refractivity contribution is 7.13. The third-order valence-corrected chi connectivity index (χ3v) is 5.13. The van der Waals surface area contributed by atoms with Gasteiger partial charge in [-0.15, -0.1) is 11.3 Å². The van der Waals surface area contributed by atoms with Gasteiger partial charge in [0.1, 0.15) is 10.7 Å². The van der Waals surface area contributed by atoms with E-state index in [1.165, 1.54) is 23.5 Å². The number of amides is 1. The van der Waals surface area contributed by atoms with E-state index in [0.29, 0.717) is 24.4 Å². The van der Waals surface area contributed by atoms with Gasteiger partial charge in [0.2, 0.25) is 0 Å². The molecule has 1 aliphatic rings. The summed E-state index contributed by atoms with van der Waals surface area (Å²) in [5.41, 5.74) is 1.68. The Hall–Kier alpha value is -1.79. The Morgan fingerprint density at radius 2 is 2.17 bits per heavy atom. The van der Waals surface area contributed by atoms with Gasteiger partial charge in [-0.05, 0) is 37.5 Å². The molecule has 2 aromatic rings. The molecule has 3 rings (SSSR count). The van der Waals surface area contributed by atoms with Crippen molar-refractivity contribution in [2.24, 2.45) is 0 Å². The number of aryl methyl sites for hydroxylation is 1. The Labute approximate surface area is 138 Å². The first-order valence-electron chi connectivity index (χ1n) is 7.71. The number of halogens is 1. The van der Waals surface area contributed by atoms with E-state index in [9.17, 15) is 14.3 Å². The Balaban J connectivity index is 1.75. The Bertz CT molecular complexity index is 699. The van der Waals surface area contributed by atoms with Crippen molar-refractivity contribution < 1.29 is 14.3 Å². The molecule has 4 nitrogen and oxygen atoms in total. The molecule has 0 aliphatic carbocycles. The number of β-amino-alcohol motifs (C(OH)–C–C–N with tert-alkyl or cyclic N) is 1. The van der Waals surface area contributed by atoms with Crippen LogP contribution < -0.4 is 0 Å². The van der Waals surface area contributed by atoms with Crippen LogP contribution in [0.2, 0.25) is 0 Å². The minimum atomic E-state index is -0.431. The zero-order chi connectivity index (χ0) is 16.4. The van der Waals surface area contributed by atoms with Gasteiger partial charge in [-0.1, -0.05) is 12.1 Å². The molecule has 0 radical (unpaired) electrons. The summed E-state index contributed by atoms with van der Waals surface area (Å²) in [6.07, 6.45) is 1.73. The summed E-state index contributed by atoms with van der Waals surface area (Å²) in [4.78, 5) is 19.4. The summed E-state index contributed by atoms with van der Waals surface area (Å²) in [7, 11) is 0. The molecule has 1 saturated heterocycles. The van der Waals surface area contributed by atoms with E-state index in [2.05, 4.69) is 4.98 Å². The molecule has 1 aliphatic heterocycles. The molecule has 1 amide bonds. The zero-order valence-electron chi connectivity index (χ0n) is 13.0. The van der Waals surface area contributed by atoms with Crippen molar-refractivity contribution in [2.45, 2.75) is 32.3 Å². The Morgan fingerprint density at radius 1 is 1.43 bits per heavy atom. The fourth-order valence-electron chi connectivity index (χ4n) is 2.79. The van der Waals surface area contributed by atoms with Gasteiger partial charge in [-0.2, -0.15) is 0 Å². The number of piperidine rings is 1. The normalized spacial score (nSPS) is 18.2. The number of hydrogen-bond donors (Lipinski definition) is 1. The number of thiazole rings is 1. The average Bonchev–Trinajstić information content (AvgIpc) is 2.89. The molecule has 1 fully saturated rings. The fourth-order valence-corrected chi connectivity index (χ4v) is 3.85. The lowest BCUT2D eigenvalue weighted by atomic mass is 10.1. The topological polar surface area (TPSA) is 53.4 Å². The second kappa shape index (κ2) is 6.76. The number of benzene rings is 1. The van der Waals surface area contributed by atoms with Crippen LogP contribution in [-0.2, 0) is 6.42 Å². The standard InChI is InChI=1S/C17H19FN2O2S/c1-11-16(17(22)20-8-2-3-14(21)10-20)23-15(19-11)9-12-4-6-13(18)7-5-12/h4-7,14,21H,2-3,8-10H2,1H3. The first-order valence-corrected chi connectivity index (χ1v) is 8.52. The van der Waals surface area contributed by atoms with E-state index in [0.717, 1.165) is 29.1 Å². The van der Waals surface area contributed by atoms with Gasteiger partial charge < -0.3 is 10.0 Å². The molecule has 0 bridgehead atoms. The van der Waals surface area contributed by atoms with E-state index in [1.807, 2.05) is 6.92 Å². The summed E-state index contributed by atoms with van der Waals surface area (Å²) in [5.74, 6) is -0.312. The summed E-state index contributed by atoms with van der Waals surface area (Å²) in [6.45, 7) is 2.91. The van der Waals surface area contributed by atoms with E-state index >= 15 is 0 Å². The molecule has 23 heavy (non-hydrogen) atoms. The van der Waals surface area contributed by atoms with Crippen LogP contribution in [0, 0.1) is 12.7 Å². The van der Waals surface area contributed by atoms with Crippen LogP contribution in [0.5, 0.6) is 0 Å². The molecule has 1 aromatic heterocycles. The number of aromatic nitrogens is 1. The molecule has 1 unspecified atom stereocenters. The third-order valence-electron chi connectivity index (χ3n) is 3.99. The van der Waals surface area contributed by atoms with E-state index < -0.39 is 6.10 Å². The molecule has 6 heteroatoms. The Morgan fingerprint density at radius 3 is 2.87 bits per heavy atom. The molecular formula is C17H19FN2O2S. The molecular weight excluding hydrogens is 315 g/mol. The van der Waals surface area contributed by atoms with Crippen LogP contribution in [0.3, 0.4) is 0 Å². The van der Waals surface area contributed by atoms with Gasteiger partial charge >= 0.3 is 0 Å². The number of likely N-dealkylation sites (tertiary alicyclic amines) is 1. The largest absolute Gasteiger partial charge is 0.391 e. The molecule has 0 spiro atoms. The number of hydrogen-bond acceptors (Lipinski definition) is 4. The van der Waals surface area contributed by atoms with E-state index in [1.54, 1.807) is 17.0 Å². The lowest BCUT2D eigenvalue weighted by molar-refractivity contribution is 0.0477. The van der Waals surface area contributed by atoms with Gasteiger partial charge in [0.05, 0.1) is 16.8 Å². The van der Waals surface area contributed by atoms with Crippen molar-refractivity contribution in [3.63, 3.8) is 0 Å². The first-order chi connectivity index (χ1) is 11.0. The zero-order valence-corrected chi connectivity index (χ0v) is 13.8. The van der Waals surface area contributed by atoms with Gasteiger partial charge in [0, 0.05) is 19.5 Å². The summed E-state index contributed by atoms with van der Waals surface area (Å²) >= 11 is 1.38. The average molecular weight is 334 g/mol. The van der Waals surface area contributed by atoms with Crippen molar-refractivity contribution in [2.75, 3.05) is 13.1 Å². The SMILES string of the molecule is Cc1nc(Cc2ccc(F)cc2)sc1C(=O)N1CCCC(O)C1. The number of carbonyl (C=O) groups excluding carboxylic acids is 1. The highest BCUT2D eigenvalue weighted by atomic mass is 32.1. The number of nitrogens with zero attached hydrogens (tertiary/aromatic N) is 2. The monoisotopic (exact) mass is 334 g/mol. The Kier molecular flexibility index (Phi) is 4.73. The maximum Gasteiger partial charge on any atom is 0.265 e. The van der Waals surface area contributed by atoms with Crippen LogP contribution in [0.25, 0.3) is 0 Å².